The van der Waals surface area contributed by atoms with Crippen LogP contribution in [0.3, 0.4) is 0 Å². The zero-order chi connectivity index (χ0) is 45.8. The summed E-state index contributed by atoms with van der Waals surface area (Å²) in [5.74, 6) is -0.909. The SMILES string of the molecule is CC/C=C/C=C/C=C/C=C/CCCCCC(=O)OCC(COC(=O)CCCCCCCCCCCCCCCCCCC)OC(=O)CCCCCCCCCCCCCCCCC. The second kappa shape index (κ2) is 52.0. The predicted octanol–water partition coefficient (Wildman–Crippen LogP) is 17.9. The highest BCUT2D eigenvalue weighted by Crippen LogP contribution is 2.17. The van der Waals surface area contributed by atoms with E-state index >= 15 is 0 Å². The summed E-state index contributed by atoms with van der Waals surface area (Å²) in [4.78, 5) is 38.0. The van der Waals surface area contributed by atoms with Gasteiger partial charge >= 0.3 is 17.9 Å². The Bertz CT molecular complexity index is 1110. The monoisotopic (exact) mass is 883 g/mol. The minimum absolute atomic E-state index is 0.0817. The summed E-state index contributed by atoms with van der Waals surface area (Å²) < 4.78 is 16.8. The van der Waals surface area contributed by atoms with Crippen molar-refractivity contribution in [2.24, 2.45) is 0 Å². The van der Waals surface area contributed by atoms with Crippen molar-refractivity contribution in [2.45, 2.75) is 284 Å². The van der Waals surface area contributed by atoms with Crippen molar-refractivity contribution in [1.82, 2.24) is 0 Å². The highest BCUT2D eigenvalue weighted by Gasteiger charge is 2.19. The molecule has 0 fully saturated rings. The van der Waals surface area contributed by atoms with Crippen LogP contribution in [0.2, 0.25) is 0 Å². The number of unbranched alkanes of at least 4 members (excludes halogenated alkanes) is 33. The molecule has 0 saturated carbocycles. The van der Waals surface area contributed by atoms with E-state index < -0.39 is 6.10 Å². The number of hydrogen-bond acceptors (Lipinski definition) is 6. The Kier molecular flexibility index (Phi) is 49.8. The lowest BCUT2D eigenvalue weighted by Crippen LogP contribution is -2.30. The lowest BCUT2D eigenvalue weighted by Gasteiger charge is -2.18. The maximum absolute atomic E-state index is 12.8. The van der Waals surface area contributed by atoms with Crippen LogP contribution >= 0.6 is 0 Å². The first kappa shape index (κ1) is 60.4. The molecule has 6 nitrogen and oxygen atoms in total. The molecule has 0 aliphatic heterocycles. The van der Waals surface area contributed by atoms with E-state index in [-0.39, 0.29) is 31.1 Å². The van der Waals surface area contributed by atoms with Gasteiger partial charge in [-0.1, -0.05) is 268 Å². The average molecular weight is 883 g/mol. The molecule has 0 spiro atoms. The van der Waals surface area contributed by atoms with E-state index in [0.717, 1.165) is 70.6 Å². The normalized spacial score (nSPS) is 12.4. The third-order valence-corrected chi connectivity index (χ3v) is 11.9. The highest BCUT2D eigenvalue weighted by molar-refractivity contribution is 5.71. The van der Waals surface area contributed by atoms with Crippen molar-refractivity contribution in [1.29, 1.82) is 0 Å². The Morgan fingerprint density at radius 1 is 0.333 bits per heavy atom. The van der Waals surface area contributed by atoms with Gasteiger partial charge in [0.25, 0.3) is 0 Å². The third-order valence-electron chi connectivity index (χ3n) is 11.9. The van der Waals surface area contributed by atoms with Gasteiger partial charge in [-0.15, -0.1) is 0 Å². The first-order valence-corrected chi connectivity index (χ1v) is 27.2. The Morgan fingerprint density at radius 3 is 0.968 bits per heavy atom. The van der Waals surface area contributed by atoms with Crippen LogP contribution in [-0.2, 0) is 28.6 Å². The molecule has 6 heteroatoms. The minimum atomic E-state index is -0.784. The van der Waals surface area contributed by atoms with Crippen molar-refractivity contribution in [2.75, 3.05) is 13.2 Å². The lowest BCUT2D eigenvalue weighted by atomic mass is 10.0. The van der Waals surface area contributed by atoms with Gasteiger partial charge in [-0.3, -0.25) is 14.4 Å². The van der Waals surface area contributed by atoms with Crippen LogP contribution < -0.4 is 0 Å². The van der Waals surface area contributed by atoms with Gasteiger partial charge < -0.3 is 14.2 Å². The first-order chi connectivity index (χ1) is 31.0. The van der Waals surface area contributed by atoms with Crippen LogP contribution in [-0.4, -0.2) is 37.2 Å². The van der Waals surface area contributed by atoms with Gasteiger partial charge in [-0.05, 0) is 38.5 Å². The second-order valence-electron chi connectivity index (χ2n) is 18.2. The van der Waals surface area contributed by atoms with Crippen molar-refractivity contribution in [3.8, 4) is 0 Å². The molecule has 1 atom stereocenters. The molecule has 0 heterocycles. The maximum atomic E-state index is 12.8. The summed E-state index contributed by atoms with van der Waals surface area (Å²) in [5.41, 5.74) is 0. The van der Waals surface area contributed by atoms with Gasteiger partial charge in [0.2, 0.25) is 0 Å². The summed E-state index contributed by atoms with van der Waals surface area (Å²) in [5, 5.41) is 0. The van der Waals surface area contributed by atoms with Gasteiger partial charge in [-0.25, -0.2) is 0 Å². The maximum Gasteiger partial charge on any atom is 0.306 e. The van der Waals surface area contributed by atoms with E-state index in [9.17, 15) is 14.4 Å². The van der Waals surface area contributed by atoms with Crippen LogP contribution in [0.4, 0.5) is 0 Å². The number of carbonyl (C=O) groups is 3. The van der Waals surface area contributed by atoms with E-state index in [2.05, 4.69) is 39.0 Å². The fourth-order valence-corrected chi connectivity index (χ4v) is 7.87. The van der Waals surface area contributed by atoms with Crippen LogP contribution in [0.15, 0.2) is 48.6 Å². The predicted molar refractivity (Wildman–Crippen MR) is 270 cm³/mol. The summed E-state index contributed by atoms with van der Waals surface area (Å²) in [6, 6.07) is 0. The second-order valence-corrected chi connectivity index (χ2v) is 18.2. The molecule has 63 heavy (non-hydrogen) atoms. The smallest absolute Gasteiger partial charge is 0.306 e. The molecular formula is C57H102O6. The molecule has 366 valence electrons. The van der Waals surface area contributed by atoms with Gasteiger partial charge in [0.05, 0.1) is 0 Å². The molecule has 1 unspecified atom stereocenters. The Hall–Kier alpha value is -2.63. The highest BCUT2D eigenvalue weighted by atomic mass is 16.6. The van der Waals surface area contributed by atoms with Gasteiger partial charge in [0, 0.05) is 19.3 Å². The van der Waals surface area contributed by atoms with Crippen molar-refractivity contribution in [3.05, 3.63) is 48.6 Å². The van der Waals surface area contributed by atoms with Gasteiger partial charge in [0.15, 0.2) is 6.10 Å². The molecule has 0 saturated heterocycles. The van der Waals surface area contributed by atoms with Crippen molar-refractivity contribution >= 4 is 17.9 Å². The molecule has 0 bridgehead atoms. The Balaban J connectivity index is 4.37. The standard InChI is InChI=1S/C57H102O6/c1-4-7-10-13-16-19-22-25-27-28-30-32-35-38-41-44-47-50-56(59)62-53-54(52-61-55(58)49-46-43-40-37-34-31-24-21-18-15-12-9-6-3)63-57(60)51-48-45-42-39-36-33-29-26-23-20-17-14-11-8-5-2/h9,12,15,18,21,24,31,34,54H,4-8,10-11,13-14,16-17,19-20,22-23,25-30,32-33,35-53H2,1-3H3/b12-9+,18-15+,24-21+,34-31+. The summed E-state index contributed by atoms with van der Waals surface area (Å²) >= 11 is 0. The number of carbonyl (C=O) groups excluding carboxylic acids is 3. The van der Waals surface area contributed by atoms with Crippen LogP contribution in [0.5, 0.6) is 0 Å². The number of hydrogen-bond donors (Lipinski definition) is 0. The molecule has 0 aliphatic rings. The topological polar surface area (TPSA) is 78.9 Å². The number of esters is 3. The number of rotatable bonds is 49. The van der Waals surface area contributed by atoms with Crippen molar-refractivity contribution < 1.29 is 28.6 Å². The molecule has 0 aromatic rings. The first-order valence-electron chi connectivity index (χ1n) is 27.2. The zero-order valence-electron chi connectivity index (χ0n) is 41.8. The van der Waals surface area contributed by atoms with E-state index in [0.29, 0.717) is 19.3 Å². The molecular weight excluding hydrogens is 781 g/mol. The molecule has 0 aromatic heterocycles. The fraction of sp³-hybridized carbons (Fsp3) is 0.807. The third kappa shape index (κ3) is 50.2. The molecule has 0 aliphatic carbocycles. The minimum Gasteiger partial charge on any atom is -0.462 e. The molecule has 0 amide bonds. The van der Waals surface area contributed by atoms with E-state index in [1.165, 1.54) is 167 Å². The van der Waals surface area contributed by atoms with Crippen LogP contribution in [0, 0.1) is 0 Å². The fourth-order valence-electron chi connectivity index (χ4n) is 7.87. The molecule has 0 radical (unpaired) electrons. The quantitative estimate of drug-likeness (QED) is 0.0262. The molecule has 0 aromatic carbocycles. The van der Waals surface area contributed by atoms with Crippen LogP contribution in [0.25, 0.3) is 0 Å². The van der Waals surface area contributed by atoms with Gasteiger partial charge in [0.1, 0.15) is 13.2 Å². The van der Waals surface area contributed by atoms with Crippen molar-refractivity contribution in [3.63, 3.8) is 0 Å². The number of allylic oxidation sites excluding steroid dienone is 8. The van der Waals surface area contributed by atoms with E-state index in [4.69, 9.17) is 14.2 Å². The number of ether oxygens (including phenoxy) is 3. The van der Waals surface area contributed by atoms with Crippen LogP contribution in [0.1, 0.15) is 278 Å². The molecule has 0 N–H and O–H groups in total. The van der Waals surface area contributed by atoms with E-state index in [1.807, 2.05) is 30.4 Å². The Morgan fingerprint density at radius 2 is 0.619 bits per heavy atom. The summed E-state index contributed by atoms with van der Waals surface area (Å²) in [6.45, 7) is 6.50. The summed E-state index contributed by atoms with van der Waals surface area (Å²) in [6.07, 6.45) is 62.4. The summed E-state index contributed by atoms with van der Waals surface area (Å²) in [7, 11) is 0. The van der Waals surface area contributed by atoms with Gasteiger partial charge in [-0.2, -0.15) is 0 Å². The Labute approximate surface area is 390 Å². The molecule has 0 rings (SSSR count). The largest absolute Gasteiger partial charge is 0.462 e. The zero-order valence-corrected chi connectivity index (χ0v) is 41.8. The average Bonchev–Trinajstić information content (AvgIpc) is 3.28. The van der Waals surface area contributed by atoms with E-state index in [1.54, 1.807) is 0 Å². The lowest BCUT2D eigenvalue weighted by molar-refractivity contribution is -0.167.